The van der Waals surface area contributed by atoms with Gasteiger partial charge in [-0.15, -0.1) is 21.9 Å². The number of nitrogens with one attached hydrogen (secondary N) is 1. The lowest BCUT2D eigenvalue weighted by Crippen LogP contribution is -3.30. The number of fused-ring (bicyclic) bond motifs is 4. The number of halogens is 28. The van der Waals surface area contributed by atoms with Crippen molar-refractivity contribution in [3.8, 4) is 0 Å². The van der Waals surface area contributed by atoms with Crippen LogP contribution in [-0.4, -0.2) is 22.8 Å². The van der Waals surface area contributed by atoms with E-state index in [2.05, 4.69) is 62.3 Å². The van der Waals surface area contributed by atoms with E-state index in [0.29, 0.717) is 16.6 Å². The normalized spacial score (nSPS) is 12.8. The van der Waals surface area contributed by atoms with Crippen LogP contribution < -0.4 is 26.8 Å². The van der Waals surface area contributed by atoms with Gasteiger partial charge in [-0.05, 0) is 62.3 Å². The highest BCUT2D eigenvalue weighted by molar-refractivity contribution is 7.20. The van der Waals surface area contributed by atoms with Gasteiger partial charge in [-0.3, -0.25) is 0 Å². The summed E-state index contributed by atoms with van der Waals surface area (Å²) in [5.74, 6) is -102. The van der Waals surface area contributed by atoms with E-state index in [1.807, 2.05) is 0 Å². The summed E-state index contributed by atoms with van der Waals surface area (Å²) >= 11 is 0. The van der Waals surface area contributed by atoms with Crippen molar-refractivity contribution in [1.82, 2.24) is 0 Å². The number of quaternary nitrogens is 1. The fourth-order valence-corrected chi connectivity index (χ4v) is 11.8. The molecule has 0 saturated heterocycles. The Balaban J connectivity index is 0.000000662. The highest BCUT2D eigenvalue weighted by Crippen LogP contribution is 2.41. The maximum Gasteiger partial charge on any atom is 0.198 e. The first-order valence-corrected chi connectivity index (χ1v) is 22.7. The number of hydrogen-bond acceptors (Lipinski definition) is 0. The van der Waals surface area contributed by atoms with Gasteiger partial charge in [-0.1, -0.05) is 0 Å². The van der Waals surface area contributed by atoms with Gasteiger partial charge < -0.3 is 4.90 Å². The third kappa shape index (κ3) is 8.46. The van der Waals surface area contributed by atoms with Crippen molar-refractivity contribution in [3.63, 3.8) is 0 Å². The minimum atomic E-state index is -7.99. The molecule has 8 aromatic rings. The summed E-state index contributed by atoms with van der Waals surface area (Å²) in [4.78, 5) is 1.65. The molecule has 440 valence electrons. The van der Waals surface area contributed by atoms with Gasteiger partial charge in [0, 0.05) is 0 Å². The van der Waals surface area contributed by atoms with Gasteiger partial charge >= 0.3 is 0 Å². The fourth-order valence-electron chi connectivity index (χ4n) is 11.8. The molecule has 30 heteroatoms. The molecule has 0 bridgehead atoms. The second-order valence-electron chi connectivity index (χ2n) is 21.4. The Hall–Kier alpha value is -7.14. The van der Waals surface area contributed by atoms with E-state index in [9.17, 15) is 35.1 Å². The Morgan fingerprint density at radius 1 is 0.171 bits per heavy atom. The van der Waals surface area contributed by atoms with Crippen LogP contribution in [-0.2, 0) is 0 Å². The molecule has 0 fully saturated rings. The number of rotatable bonds is 4. The minimum Gasteiger partial charge on any atom is -0.322 e. The van der Waals surface area contributed by atoms with Crippen molar-refractivity contribution in [2.75, 3.05) is 0 Å². The monoisotopic (exact) mass is 1210 g/mol. The van der Waals surface area contributed by atoms with Crippen LogP contribution >= 0.6 is 0 Å². The van der Waals surface area contributed by atoms with Gasteiger partial charge in [0.2, 0.25) is 0 Å². The molecule has 0 radical (unpaired) electrons. The summed E-state index contributed by atoms with van der Waals surface area (Å²) in [6, 6.07) is 0. The van der Waals surface area contributed by atoms with Crippen molar-refractivity contribution in [3.05, 3.63) is 163 Å². The van der Waals surface area contributed by atoms with Gasteiger partial charge in [0.05, 0.1) is 59.7 Å². The first-order chi connectivity index (χ1) is 37.4. The Bertz CT molecular complexity index is 3630. The van der Waals surface area contributed by atoms with Crippen LogP contribution in [0.2, 0.25) is 0 Å². The molecule has 0 unspecified atom stereocenters. The largest absolute Gasteiger partial charge is 0.322 e. The Labute approximate surface area is 440 Å². The molecule has 1 N–H and O–H groups in total. The van der Waals surface area contributed by atoms with Crippen molar-refractivity contribution >= 4 is 71.1 Å². The van der Waals surface area contributed by atoms with E-state index in [0.717, 1.165) is 0 Å². The first-order valence-electron chi connectivity index (χ1n) is 22.7. The summed E-state index contributed by atoms with van der Waals surface area (Å²) < 4.78 is 442. The standard InChI is InChI=1S/C40BF28.C12H27N/c42-13-1-5(25(54)37(66)33(62)21(1)50)17(46)29(58)9(13)41(10-14(43)2-6(18(47)30(10)59)26(55)38(67)34(63)22(2)51,11-15(44)3-7(19(48)31(11)60)27(56)39(68)35(64)23(3)52)12-16(45)4-8(20(49)32(12)61)28(57)40(69)36(65)24(4)53;1-10(2,3)13(11(4,5)6)12(7,8)9/h;1-9H3/q-1;/p+1. The predicted molar refractivity (Wildman–Crippen MR) is 239 cm³/mol. The minimum absolute atomic E-state index is 0.302. The average molecular weight is 1210 g/mol. The van der Waals surface area contributed by atoms with E-state index < -0.39 is 234 Å². The molecule has 0 heterocycles. The third-order valence-electron chi connectivity index (χ3n) is 13.5. The second-order valence-corrected chi connectivity index (χ2v) is 21.4. The molecule has 0 aliphatic carbocycles. The van der Waals surface area contributed by atoms with Crippen LogP contribution in [0.5, 0.6) is 0 Å². The van der Waals surface area contributed by atoms with Crippen molar-refractivity contribution in [2.45, 2.75) is 78.9 Å². The maximum atomic E-state index is 17.4. The van der Waals surface area contributed by atoms with Crippen molar-refractivity contribution in [1.29, 1.82) is 0 Å². The lowest BCUT2D eigenvalue weighted by atomic mass is 9.12. The van der Waals surface area contributed by atoms with E-state index in [1.54, 1.807) is 4.90 Å². The molecule has 8 rings (SSSR count). The molecule has 1 nitrogen and oxygen atoms in total. The lowest BCUT2D eigenvalue weighted by molar-refractivity contribution is -1.03. The van der Waals surface area contributed by atoms with Crippen LogP contribution in [0.25, 0.3) is 43.1 Å². The second kappa shape index (κ2) is 20.0. The summed E-state index contributed by atoms with van der Waals surface area (Å²) in [5.41, 5.74) is -15.0. The zero-order valence-corrected chi connectivity index (χ0v) is 42.2. The molecule has 0 saturated carbocycles. The van der Waals surface area contributed by atoms with E-state index in [4.69, 9.17) is 0 Å². The van der Waals surface area contributed by atoms with Crippen LogP contribution in [0.3, 0.4) is 0 Å². The smallest absolute Gasteiger partial charge is 0.198 e. The van der Waals surface area contributed by atoms with E-state index in [1.165, 1.54) is 0 Å². The number of hydrogen-bond donors (Lipinski definition) is 1. The summed E-state index contributed by atoms with van der Waals surface area (Å²) in [6.45, 7) is 20.9. The van der Waals surface area contributed by atoms with Gasteiger partial charge in [0.15, 0.2) is 116 Å². The summed E-state index contributed by atoms with van der Waals surface area (Å²) in [7, 11) is 0. The SMILES string of the molecule is CC(C)(C)[NH+](C(C)(C)C)C(C)(C)C.Fc1c(F)c(F)c2c(F)c([B-](c3c(F)c(F)c4c(F)c(F)c(F)c(F)c4c3F)(c3c(F)c(F)c4c(F)c(F)c(F)c(F)c4c3F)c3c(F)c(F)c4c(F)c(F)c(F)c(F)c4c3F)c(F)c(F)c2c1F. The van der Waals surface area contributed by atoms with Crippen molar-refractivity contribution in [2.24, 2.45) is 0 Å². The van der Waals surface area contributed by atoms with Crippen LogP contribution in [0.15, 0.2) is 0 Å². The maximum absolute atomic E-state index is 17.4. The van der Waals surface area contributed by atoms with E-state index >= 15 is 87.8 Å². The molecule has 0 aliphatic rings. The number of benzene rings is 8. The van der Waals surface area contributed by atoms with Gasteiger partial charge in [0.1, 0.15) is 52.7 Å². The predicted octanol–water partition coefficient (Wildman–Crippen LogP) is 13.8. The average Bonchev–Trinajstić information content (AvgIpc) is 3.57. The Morgan fingerprint density at radius 3 is 0.390 bits per heavy atom. The topological polar surface area (TPSA) is 4.44 Å². The van der Waals surface area contributed by atoms with Crippen LogP contribution in [0.1, 0.15) is 62.3 Å². The summed E-state index contributed by atoms with van der Waals surface area (Å²) in [5, 5.41) is -25.0. The highest BCUT2D eigenvalue weighted by Gasteiger charge is 2.53. The Morgan fingerprint density at radius 2 is 0.280 bits per heavy atom. The first kappa shape index (κ1) is 62.5. The molecular formula is C52H28BF28N. The molecule has 0 aliphatic heterocycles. The van der Waals surface area contributed by atoms with Crippen LogP contribution in [0, 0.1) is 163 Å². The zero-order valence-electron chi connectivity index (χ0n) is 42.2. The lowest BCUT2D eigenvalue weighted by Gasteiger charge is -2.49. The Kier molecular flexibility index (Phi) is 15.3. The third-order valence-corrected chi connectivity index (χ3v) is 13.5. The van der Waals surface area contributed by atoms with Crippen LogP contribution in [0.4, 0.5) is 123 Å². The van der Waals surface area contributed by atoms with Crippen molar-refractivity contribution < 1.29 is 128 Å². The molecular weight excluding hydrogens is 1180 g/mol. The molecule has 0 spiro atoms. The van der Waals surface area contributed by atoms with Gasteiger partial charge in [-0.25, -0.2) is 123 Å². The molecule has 8 aromatic carbocycles. The zero-order chi connectivity index (χ0) is 62.7. The van der Waals surface area contributed by atoms with Gasteiger partial charge in [0.25, 0.3) is 0 Å². The van der Waals surface area contributed by atoms with E-state index in [-0.39, 0.29) is 0 Å². The molecule has 82 heavy (non-hydrogen) atoms. The molecule has 0 amide bonds. The highest BCUT2D eigenvalue weighted by atomic mass is 19.2. The quantitative estimate of drug-likeness (QED) is 0.0775. The van der Waals surface area contributed by atoms with Gasteiger partial charge in [-0.2, -0.15) is 0 Å². The summed E-state index contributed by atoms with van der Waals surface area (Å²) in [6.07, 6.45) is -7.99. The molecule has 0 aromatic heterocycles. The fraction of sp³-hybridized carbons (Fsp3) is 0.231. The molecule has 0 atom stereocenters.